The van der Waals surface area contributed by atoms with Crippen molar-refractivity contribution in [2.45, 2.75) is 57.8 Å². The summed E-state index contributed by atoms with van der Waals surface area (Å²) in [7, 11) is 1.56. The number of methoxy groups -OCH3 is 1. The van der Waals surface area contributed by atoms with Gasteiger partial charge in [0.2, 0.25) is 0 Å². The van der Waals surface area contributed by atoms with E-state index in [1.165, 1.54) is 6.07 Å². The topological polar surface area (TPSA) is 27.7 Å². The first-order valence-electron chi connectivity index (χ1n) is 12.1. The third-order valence-electron chi connectivity index (χ3n) is 6.69. The van der Waals surface area contributed by atoms with Gasteiger partial charge in [-0.05, 0) is 73.4 Å². The SMILES string of the molecule is CCOCc1ccc(COC2CCC(c3ccc(-c4ccc(OC)cc4)c(F)c3F)CC2)c(F)c1. The first-order valence-corrected chi connectivity index (χ1v) is 12.1. The van der Waals surface area contributed by atoms with Crippen LogP contribution in [0.1, 0.15) is 55.2 Å². The highest BCUT2D eigenvalue weighted by Gasteiger charge is 2.27. The minimum atomic E-state index is -0.825. The van der Waals surface area contributed by atoms with Gasteiger partial charge in [-0.3, -0.25) is 0 Å². The van der Waals surface area contributed by atoms with Crippen LogP contribution in [0, 0.1) is 17.5 Å². The Hall–Kier alpha value is -2.83. The molecule has 0 unspecified atom stereocenters. The lowest BCUT2D eigenvalue weighted by Crippen LogP contribution is -2.21. The summed E-state index contributed by atoms with van der Waals surface area (Å²) in [5.74, 6) is -1.31. The molecule has 1 aliphatic rings. The van der Waals surface area contributed by atoms with Crippen LogP contribution in [0.4, 0.5) is 13.2 Å². The molecule has 0 amide bonds. The van der Waals surface area contributed by atoms with Crippen molar-refractivity contribution in [1.82, 2.24) is 0 Å². The summed E-state index contributed by atoms with van der Waals surface area (Å²) in [5, 5.41) is 0. The van der Waals surface area contributed by atoms with Crippen molar-refractivity contribution in [3.05, 3.63) is 88.7 Å². The van der Waals surface area contributed by atoms with Crippen LogP contribution in [0.25, 0.3) is 11.1 Å². The number of hydrogen-bond acceptors (Lipinski definition) is 3. The standard InChI is InChI=1S/C29H31F3O3/c1-3-34-17-19-4-5-22(27(30)16-19)18-35-24-12-8-21(9-13-24)26-15-14-25(28(31)29(26)32)20-6-10-23(33-2)11-7-20/h4-7,10-11,14-16,21,24H,3,8-9,12-13,17-18H2,1-2H3. The van der Waals surface area contributed by atoms with Gasteiger partial charge in [0.25, 0.3) is 0 Å². The average molecular weight is 485 g/mol. The Morgan fingerprint density at radius 2 is 1.57 bits per heavy atom. The van der Waals surface area contributed by atoms with Gasteiger partial charge in [0, 0.05) is 17.7 Å². The first kappa shape index (κ1) is 25.3. The second kappa shape index (κ2) is 11.7. The van der Waals surface area contributed by atoms with Gasteiger partial charge in [-0.1, -0.05) is 36.4 Å². The summed E-state index contributed by atoms with van der Waals surface area (Å²) in [6, 6.07) is 15.3. The van der Waals surface area contributed by atoms with Crippen molar-refractivity contribution in [2.75, 3.05) is 13.7 Å². The zero-order chi connectivity index (χ0) is 24.8. The Balaban J connectivity index is 1.34. The predicted octanol–water partition coefficient (Wildman–Crippen LogP) is 7.56. The van der Waals surface area contributed by atoms with E-state index in [0.717, 1.165) is 18.4 Å². The molecule has 6 heteroatoms. The second-order valence-electron chi connectivity index (χ2n) is 8.91. The van der Waals surface area contributed by atoms with E-state index in [-0.39, 0.29) is 30.0 Å². The van der Waals surface area contributed by atoms with Gasteiger partial charge in [0.1, 0.15) is 11.6 Å². The van der Waals surface area contributed by atoms with Crippen LogP contribution in [0.15, 0.2) is 54.6 Å². The summed E-state index contributed by atoms with van der Waals surface area (Å²) in [4.78, 5) is 0. The lowest BCUT2D eigenvalue weighted by Gasteiger charge is -2.29. The molecule has 0 bridgehead atoms. The largest absolute Gasteiger partial charge is 0.497 e. The van der Waals surface area contributed by atoms with Crippen molar-refractivity contribution >= 4 is 0 Å². The van der Waals surface area contributed by atoms with Crippen LogP contribution in [0.3, 0.4) is 0 Å². The van der Waals surface area contributed by atoms with Gasteiger partial charge in [0.15, 0.2) is 11.6 Å². The van der Waals surface area contributed by atoms with Crippen LogP contribution in [-0.4, -0.2) is 19.8 Å². The van der Waals surface area contributed by atoms with E-state index in [9.17, 15) is 8.78 Å². The molecule has 0 radical (unpaired) electrons. The maximum Gasteiger partial charge on any atom is 0.166 e. The molecule has 0 heterocycles. The molecule has 0 aromatic heterocycles. The Morgan fingerprint density at radius 1 is 0.829 bits per heavy atom. The number of rotatable bonds is 9. The van der Waals surface area contributed by atoms with E-state index >= 15 is 4.39 Å². The molecular weight excluding hydrogens is 453 g/mol. The van der Waals surface area contributed by atoms with Crippen molar-refractivity contribution in [1.29, 1.82) is 0 Å². The molecule has 1 aliphatic carbocycles. The molecule has 3 aromatic carbocycles. The van der Waals surface area contributed by atoms with Gasteiger partial charge in [-0.25, -0.2) is 13.2 Å². The molecule has 0 spiro atoms. The van der Waals surface area contributed by atoms with Crippen LogP contribution in [0.5, 0.6) is 5.75 Å². The Labute approximate surface area is 204 Å². The van der Waals surface area contributed by atoms with Crippen molar-refractivity contribution in [3.8, 4) is 16.9 Å². The molecule has 3 nitrogen and oxygen atoms in total. The van der Waals surface area contributed by atoms with E-state index in [1.807, 2.05) is 13.0 Å². The summed E-state index contributed by atoms with van der Waals surface area (Å²) < 4.78 is 60.7. The minimum Gasteiger partial charge on any atom is -0.497 e. The second-order valence-corrected chi connectivity index (χ2v) is 8.91. The van der Waals surface area contributed by atoms with E-state index < -0.39 is 11.6 Å². The minimum absolute atomic E-state index is 0.0276. The number of ether oxygens (including phenoxy) is 3. The highest BCUT2D eigenvalue weighted by molar-refractivity contribution is 5.65. The highest BCUT2D eigenvalue weighted by Crippen LogP contribution is 2.38. The normalized spacial score (nSPS) is 18.0. The number of benzene rings is 3. The third-order valence-corrected chi connectivity index (χ3v) is 6.69. The molecule has 1 fully saturated rings. The molecule has 186 valence electrons. The maximum absolute atomic E-state index is 15.0. The molecule has 1 saturated carbocycles. The fourth-order valence-corrected chi connectivity index (χ4v) is 4.64. The van der Waals surface area contributed by atoms with Crippen LogP contribution >= 0.6 is 0 Å². The van der Waals surface area contributed by atoms with Crippen molar-refractivity contribution in [2.24, 2.45) is 0 Å². The molecule has 0 aliphatic heterocycles. The zero-order valence-corrected chi connectivity index (χ0v) is 20.2. The van der Waals surface area contributed by atoms with Crippen LogP contribution in [0.2, 0.25) is 0 Å². The molecular formula is C29H31F3O3. The quantitative estimate of drug-likeness (QED) is 0.314. The van der Waals surface area contributed by atoms with Crippen LogP contribution < -0.4 is 4.74 Å². The van der Waals surface area contributed by atoms with E-state index in [4.69, 9.17) is 14.2 Å². The molecule has 0 saturated heterocycles. The molecule has 0 atom stereocenters. The average Bonchev–Trinajstić information content (AvgIpc) is 2.89. The zero-order valence-electron chi connectivity index (χ0n) is 20.2. The molecule has 3 aromatic rings. The lowest BCUT2D eigenvalue weighted by atomic mass is 9.82. The Bertz CT molecular complexity index is 1120. The number of hydrogen-bond donors (Lipinski definition) is 0. The smallest absolute Gasteiger partial charge is 0.166 e. The van der Waals surface area contributed by atoms with Gasteiger partial charge in [-0.15, -0.1) is 0 Å². The van der Waals surface area contributed by atoms with E-state index in [1.54, 1.807) is 49.6 Å². The summed E-state index contributed by atoms with van der Waals surface area (Å²) >= 11 is 0. The summed E-state index contributed by atoms with van der Waals surface area (Å²) in [6.45, 7) is 3.06. The molecule has 35 heavy (non-hydrogen) atoms. The fraction of sp³-hybridized carbons (Fsp3) is 0.379. The van der Waals surface area contributed by atoms with E-state index in [2.05, 4.69) is 0 Å². The number of halogens is 3. The molecule has 0 N–H and O–H groups in total. The third kappa shape index (κ3) is 6.06. The van der Waals surface area contributed by atoms with Gasteiger partial charge in [-0.2, -0.15) is 0 Å². The van der Waals surface area contributed by atoms with Crippen molar-refractivity contribution in [3.63, 3.8) is 0 Å². The van der Waals surface area contributed by atoms with Crippen LogP contribution in [-0.2, 0) is 22.7 Å². The highest BCUT2D eigenvalue weighted by atomic mass is 19.2. The van der Waals surface area contributed by atoms with Crippen molar-refractivity contribution < 1.29 is 27.4 Å². The fourth-order valence-electron chi connectivity index (χ4n) is 4.64. The molecule has 4 rings (SSSR count). The van der Waals surface area contributed by atoms with E-state index in [0.29, 0.717) is 48.5 Å². The lowest BCUT2D eigenvalue weighted by molar-refractivity contribution is 0.0118. The Morgan fingerprint density at radius 3 is 2.23 bits per heavy atom. The summed E-state index contributed by atoms with van der Waals surface area (Å²) in [6.07, 6.45) is 2.80. The van der Waals surface area contributed by atoms with Gasteiger partial charge >= 0.3 is 0 Å². The Kier molecular flexibility index (Phi) is 8.47. The first-order chi connectivity index (χ1) is 17.0. The predicted molar refractivity (Wildman–Crippen MR) is 130 cm³/mol. The summed E-state index contributed by atoms with van der Waals surface area (Å²) in [5.41, 5.74) is 2.55. The monoisotopic (exact) mass is 484 g/mol. The van der Waals surface area contributed by atoms with Gasteiger partial charge in [0.05, 0.1) is 26.4 Å². The maximum atomic E-state index is 15.0. The van der Waals surface area contributed by atoms with Gasteiger partial charge < -0.3 is 14.2 Å².